The standard InChI is InChI=1S/C20H17ClO4/c1-10-8-11(2)17-18(12(10)3)24-19(23)20(17)15(9-16(22)25-20)13-4-6-14(21)7-5-13/h4-8,15H,9H2,1-3H3/t15-,20+/m0/s1. The van der Waals surface area contributed by atoms with Gasteiger partial charge in [0, 0.05) is 10.9 Å². The SMILES string of the molecule is Cc1cc(C)c2c(c1C)OC(=O)[C@]21OC(=O)C[C@H]1c1ccc(Cl)cc1. The van der Waals surface area contributed by atoms with Crippen molar-refractivity contribution in [3.8, 4) is 5.75 Å². The number of benzene rings is 2. The lowest BCUT2D eigenvalue weighted by atomic mass is 9.76. The monoisotopic (exact) mass is 356 g/mol. The fourth-order valence-corrected chi connectivity index (χ4v) is 4.10. The van der Waals surface area contributed by atoms with Crippen molar-refractivity contribution in [2.24, 2.45) is 0 Å². The molecule has 0 amide bonds. The summed E-state index contributed by atoms with van der Waals surface area (Å²) in [5.41, 5.74) is 2.90. The summed E-state index contributed by atoms with van der Waals surface area (Å²) in [5.74, 6) is -0.838. The average molecular weight is 357 g/mol. The number of rotatable bonds is 1. The summed E-state index contributed by atoms with van der Waals surface area (Å²) in [5, 5.41) is 0.597. The van der Waals surface area contributed by atoms with Crippen LogP contribution < -0.4 is 4.74 Å². The van der Waals surface area contributed by atoms with Gasteiger partial charge in [-0.3, -0.25) is 4.79 Å². The molecule has 2 aliphatic heterocycles. The number of esters is 2. The van der Waals surface area contributed by atoms with Crippen molar-refractivity contribution in [2.45, 2.75) is 38.7 Å². The number of halogens is 1. The van der Waals surface area contributed by atoms with Gasteiger partial charge in [0.1, 0.15) is 5.75 Å². The molecule has 1 saturated heterocycles. The molecule has 0 bridgehead atoms. The molecule has 0 aliphatic carbocycles. The lowest BCUT2D eigenvalue weighted by Gasteiger charge is -2.27. The van der Waals surface area contributed by atoms with E-state index in [0.29, 0.717) is 16.3 Å². The number of carbonyl (C=O) groups excluding carboxylic acids is 2. The van der Waals surface area contributed by atoms with Gasteiger partial charge >= 0.3 is 11.9 Å². The van der Waals surface area contributed by atoms with Crippen molar-refractivity contribution in [1.82, 2.24) is 0 Å². The van der Waals surface area contributed by atoms with Gasteiger partial charge in [0.05, 0.1) is 12.0 Å². The van der Waals surface area contributed by atoms with Gasteiger partial charge in [-0.25, -0.2) is 4.79 Å². The second kappa shape index (κ2) is 5.33. The maximum absolute atomic E-state index is 12.9. The molecule has 2 atom stereocenters. The molecule has 0 saturated carbocycles. The highest BCUT2D eigenvalue weighted by atomic mass is 35.5. The van der Waals surface area contributed by atoms with Crippen LogP contribution in [-0.2, 0) is 19.9 Å². The van der Waals surface area contributed by atoms with Crippen molar-refractivity contribution in [1.29, 1.82) is 0 Å². The third-order valence-corrected chi connectivity index (χ3v) is 5.52. The van der Waals surface area contributed by atoms with Crippen LogP contribution in [0, 0.1) is 20.8 Å². The minimum absolute atomic E-state index is 0.128. The van der Waals surface area contributed by atoms with Crippen LogP contribution >= 0.6 is 11.6 Å². The lowest BCUT2D eigenvalue weighted by molar-refractivity contribution is -0.166. The van der Waals surface area contributed by atoms with E-state index in [4.69, 9.17) is 21.1 Å². The van der Waals surface area contributed by atoms with E-state index in [-0.39, 0.29) is 6.42 Å². The molecule has 2 aromatic rings. The zero-order valence-electron chi connectivity index (χ0n) is 14.2. The van der Waals surface area contributed by atoms with Gasteiger partial charge in [-0.15, -0.1) is 0 Å². The van der Waals surface area contributed by atoms with Crippen LogP contribution in [0.2, 0.25) is 5.02 Å². The normalized spacial score (nSPS) is 24.4. The van der Waals surface area contributed by atoms with Gasteiger partial charge in [0.25, 0.3) is 0 Å². The Labute approximate surface area is 150 Å². The summed E-state index contributed by atoms with van der Waals surface area (Å²) in [6.45, 7) is 5.80. The first-order valence-corrected chi connectivity index (χ1v) is 8.53. The van der Waals surface area contributed by atoms with Gasteiger partial charge in [-0.2, -0.15) is 0 Å². The highest BCUT2D eigenvalue weighted by Gasteiger charge is 2.63. The Morgan fingerprint density at radius 3 is 2.44 bits per heavy atom. The zero-order chi connectivity index (χ0) is 17.9. The lowest BCUT2D eigenvalue weighted by Crippen LogP contribution is -2.38. The summed E-state index contributed by atoms with van der Waals surface area (Å²) >= 11 is 5.98. The van der Waals surface area contributed by atoms with Crippen LogP contribution in [0.3, 0.4) is 0 Å². The van der Waals surface area contributed by atoms with E-state index in [2.05, 4.69) is 0 Å². The van der Waals surface area contributed by atoms with Crippen LogP contribution in [-0.4, -0.2) is 11.9 Å². The number of aryl methyl sites for hydroxylation is 2. The van der Waals surface area contributed by atoms with E-state index < -0.39 is 23.5 Å². The molecule has 25 heavy (non-hydrogen) atoms. The fourth-order valence-electron chi connectivity index (χ4n) is 3.97. The third kappa shape index (κ3) is 2.13. The Morgan fingerprint density at radius 1 is 1.08 bits per heavy atom. The number of carbonyl (C=O) groups is 2. The van der Waals surface area contributed by atoms with Crippen molar-refractivity contribution in [3.63, 3.8) is 0 Å². The van der Waals surface area contributed by atoms with E-state index in [1.807, 2.05) is 39.0 Å². The van der Waals surface area contributed by atoms with Crippen LogP contribution in [0.4, 0.5) is 0 Å². The summed E-state index contributed by atoms with van der Waals surface area (Å²) in [6.07, 6.45) is 0.128. The van der Waals surface area contributed by atoms with Gasteiger partial charge in [-0.1, -0.05) is 29.8 Å². The van der Waals surface area contributed by atoms with E-state index in [1.165, 1.54) is 0 Å². The molecule has 4 rings (SSSR count). The maximum atomic E-state index is 12.9. The summed E-state index contributed by atoms with van der Waals surface area (Å²) in [6, 6.07) is 9.17. The Morgan fingerprint density at radius 2 is 1.76 bits per heavy atom. The van der Waals surface area contributed by atoms with Crippen molar-refractivity contribution >= 4 is 23.5 Å². The number of hydrogen-bond acceptors (Lipinski definition) is 4. The average Bonchev–Trinajstić information content (AvgIpc) is 3.05. The Bertz CT molecular complexity index is 916. The maximum Gasteiger partial charge on any atom is 0.361 e. The Balaban J connectivity index is 1.97. The van der Waals surface area contributed by atoms with E-state index in [1.54, 1.807) is 12.1 Å². The first kappa shape index (κ1) is 16.2. The smallest absolute Gasteiger partial charge is 0.361 e. The number of ether oxygens (including phenoxy) is 2. The third-order valence-electron chi connectivity index (χ3n) is 5.26. The molecule has 1 spiro atoms. The van der Waals surface area contributed by atoms with Gasteiger partial charge in [0.15, 0.2) is 0 Å². The molecule has 5 heteroatoms. The van der Waals surface area contributed by atoms with Crippen molar-refractivity contribution in [2.75, 3.05) is 0 Å². The van der Waals surface area contributed by atoms with E-state index >= 15 is 0 Å². The predicted molar refractivity (Wildman–Crippen MR) is 92.9 cm³/mol. The first-order chi connectivity index (χ1) is 11.8. The molecule has 4 nitrogen and oxygen atoms in total. The molecular weight excluding hydrogens is 340 g/mol. The minimum atomic E-state index is -1.41. The first-order valence-electron chi connectivity index (χ1n) is 8.15. The van der Waals surface area contributed by atoms with Crippen LogP contribution in [0.25, 0.3) is 0 Å². The molecule has 0 N–H and O–H groups in total. The Kier molecular flexibility index (Phi) is 3.45. The fraction of sp³-hybridized carbons (Fsp3) is 0.300. The highest BCUT2D eigenvalue weighted by Crippen LogP contribution is 2.56. The predicted octanol–water partition coefficient (Wildman–Crippen LogP) is 4.11. The molecule has 1 fully saturated rings. The van der Waals surface area contributed by atoms with Crippen LogP contribution in [0.1, 0.15) is 40.2 Å². The van der Waals surface area contributed by atoms with E-state index in [9.17, 15) is 9.59 Å². The van der Waals surface area contributed by atoms with Gasteiger partial charge < -0.3 is 9.47 Å². The topological polar surface area (TPSA) is 52.6 Å². The second-order valence-electron chi connectivity index (χ2n) is 6.75. The summed E-state index contributed by atoms with van der Waals surface area (Å²) < 4.78 is 11.3. The molecule has 0 unspecified atom stereocenters. The minimum Gasteiger partial charge on any atom is -0.441 e. The number of hydrogen-bond donors (Lipinski definition) is 0. The molecule has 2 heterocycles. The van der Waals surface area contributed by atoms with Gasteiger partial charge in [0.2, 0.25) is 5.60 Å². The highest BCUT2D eigenvalue weighted by molar-refractivity contribution is 6.30. The molecule has 0 radical (unpaired) electrons. The second-order valence-corrected chi connectivity index (χ2v) is 7.18. The van der Waals surface area contributed by atoms with Gasteiger partial charge in [-0.05, 0) is 55.2 Å². The largest absolute Gasteiger partial charge is 0.441 e. The van der Waals surface area contributed by atoms with Crippen molar-refractivity contribution in [3.05, 3.63) is 63.2 Å². The quantitative estimate of drug-likeness (QED) is 0.570. The van der Waals surface area contributed by atoms with E-state index in [0.717, 1.165) is 22.3 Å². The Hall–Kier alpha value is -2.33. The molecule has 0 aromatic heterocycles. The molecule has 2 aromatic carbocycles. The zero-order valence-corrected chi connectivity index (χ0v) is 14.9. The molecular formula is C20H17ClO4. The molecule has 128 valence electrons. The van der Waals surface area contributed by atoms with Crippen LogP contribution in [0.15, 0.2) is 30.3 Å². The molecule has 2 aliphatic rings. The summed E-state index contributed by atoms with van der Waals surface area (Å²) in [4.78, 5) is 25.2. The number of fused-ring (bicyclic) bond motifs is 2. The summed E-state index contributed by atoms with van der Waals surface area (Å²) in [7, 11) is 0. The van der Waals surface area contributed by atoms with Crippen molar-refractivity contribution < 1.29 is 19.1 Å². The van der Waals surface area contributed by atoms with Crippen LogP contribution in [0.5, 0.6) is 5.75 Å².